The molecule has 1 aliphatic heterocycles. The molecular weight excluding hydrogens is 440 g/mol. The number of carbonyl (C=O) groups excluding carboxylic acids is 1. The standard InChI is InChI=1S/C26H38N8O/c1-16-5-8-19(14-20(16)22(27)35)30-24-31-23(32-25(33-24)34-11-4-9-28-10-12-34)29-15-17-6-7-18-13-21(17)26(18,2)3/h5,8,14,17-18,21,28H,4,6-7,9-13,15H2,1-3H3,(H2,27,35)(H2,29,30,31,32,33)/t17?,18?,21-/m0/s1. The quantitative estimate of drug-likeness (QED) is 0.478. The van der Waals surface area contributed by atoms with E-state index >= 15 is 0 Å². The first-order valence-electron chi connectivity index (χ1n) is 12.9. The zero-order valence-corrected chi connectivity index (χ0v) is 21.1. The van der Waals surface area contributed by atoms with Crippen LogP contribution in [0, 0.1) is 30.1 Å². The zero-order valence-electron chi connectivity index (χ0n) is 21.1. The largest absolute Gasteiger partial charge is 0.366 e. The van der Waals surface area contributed by atoms with Crippen LogP contribution in [0.1, 0.15) is 55.5 Å². The van der Waals surface area contributed by atoms with Gasteiger partial charge in [-0.3, -0.25) is 4.79 Å². The summed E-state index contributed by atoms with van der Waals surface area (Å²) in [6.07, 6.45) is 4.98. The molecule has 2 aromatic rings. The zero-order chi connectivity index (χ0) is 24.6. The van der Waals surface area contributed by atoms with E-state index in [-0.39, 0.29) is 0 Å². The van der Waals surface area contributed by atoms with E-state index in [1.165, 1.54) is 19.3 Å². The van der Waals surface area contributed by atoms with E-state index in [9.17, 15) is 4.79 Å². The molecule has 188 valence electrons. The summed E-state index contributed by atoms with van der Waals surface area (Å²) in [5, 5.41) is 10.3. The van der Waals surface area contributed by atoms with Crippen LogP contribution in [0.5, 0.6) is 0 Å². The highest BCUT2D eigenvalue weighted by molar-refractivity contribution is 5.95. The second-order valence-corrected chi connectivity index (χ2v) is 11.0. The van der Waals surface area contributed by atoms with Crippen molar-refractivity contribution < 1.29 is 4.79 Å². The van der Waals surface area contributed by atoms with Crippen LogP contribution >= 0.6 is 0 Å². The van der Waals surface area contributed by atoms with Gasteiger partial charge in [-0.25, -0.2) is 0 Å². The predicted molar refractivity (Wildman–Crippen MR) is 139 cm³/mol. The summed E-state index contributed by atoms with van der Waals surface area (Å²) in [4.78, 5) is 28.3. The number of aryl methyl sites for hydroxylation is 1. The highest BCUT2D eigenvalue weighted by atomic mass is 16.1. The minimum atomic E-state index is -0.449. The fourth-order valence-corrected chi connectivity index (χ4v) is 6.21. The summed E-state index contributed by atoms with van der Waals surface area (Å²) in [6.45, 7) is 11.2. The van der Waals surface area contributed by atoms with Gasteiger partial charge >= 0.3 is 0 Å². The average molecular weight is 479 g/mol. The maximum Gasteiger partial charge on any atom is 0.249 e. The number of hydrogen-bond acceptors (Lipinski definition) is 8. The highest BCUT2D eigenvalue weighted by Gasteiger charge is 2.53. The first-order valence-corrected chi connectivity index (χ1v) is 12.9. The number of aromatic nitrogens is 3. The van der Waals surface area contributed by atoms with Gasteiger partial charge in [0.15, 0.2) is 0 Å². The number of carbonyl (C=O) groups is 1. The molecule has 1 amide bonds. The topological polar surface area (TPSA) is 121 Å². The molecule has 1 saturated heterocycles. The normalized spacial score (nSPS) is 25.3. The van der Waals surface area contributed by atoms with E-state index in [1.54, 1.807) is 6.07 Å². The van der Waals surface area contributed by atoms with Crippen LogP contribution in [0.2, 0.25) is 0 Å². The lowest BCUT2D eigenvalue weighted by Gasteiger charge is -2.60. The van der Waals surface area contributed by atoms with Crippen molar-refractivity contribution in [3.8, 4) is 0 Å². The summed E-state index contributed by atoms with van der Waals surface area (Å²) < 4.78 is 0. The van der Waals surface area contributed by atoms with Crippen molar-refractivity contribution in [3.05, 3.63) is 29.3 Å². The second-order valence-electron chi connectivity index (χ2n) is 11.0. The lowest BCUT2D eigenvalue weighted by molar-refractivity contribution is -0.100. The van der Waals surface area contributed by atoms with Gasteiger partial charge in [0.1, 0.15) is 0 Å². The van der Waals surface area contributed by atoms with Gasteiger partial charge in [-0.2, -0.15) is 15.0 Å². The Balaban J connectivity index is 1.38. The number of amides is 1. The number of primary amides is 1. The Bertz CT molecular complexity index is 1080. The lowest BCUT2D eigenvalue weighted by atomic mass is 9.45. The molecule has 3 saturated carbocycles. The van der Waals surface area contributed by atoms with Crippen LogP contribution in [-0.2, 0) is 0 Å². The van der Waals surface area contributed by atoms with Gasteiger partial charge in [0.25, 0.3) is 0 Å². The molecule has 2 bridgehead atoms. The van der Waals surface area contributed by atoms with E-state index in [1.807, 2.05) is 19.1 Å². The molecule has 4 aliphatic rings. The fourth-order valence-electron chi connectivity index (χ4n) is 6.21. The van der Waals surface area contributed by atoms with Crippen LogP contribution in [0.4, 0.5) is 23.5 Å². The molecule has 4 fully saturated rings. The molecule has 2 heterocycles. The van der Waals surface area contributed by atoms with Gasteiger partial charge in [-0.15, -0.1) is 0 Å². The van der Waals surface area contributed by atoms with E-state index < -0.39 is 5.91 Å². The van der Waals surface area contributed by atoms with E-state index in [2.05, 4.69) is 34.7 Å². The van der Waals surface area contributed by atoms with Crippen molar-refractivity contribution in [3.63, 3.8) is 0 Å². The molecule has 9 nitrogen and oxygen atoms in total. The SMILES string of the molecule is Cc1ccc(Nc2nc(NCC3CCC4C[C@@H]3C4(C)C)nc(N3CCCNCC3)n2)cc1C(N)=O. The number of nitrogens with zero attached hydrogens (tertiary/aromatic N) is 4. The lowest BCUT2D eigenvalue weighted by Crippen LogP contribution is -2.53. The third-order valence-electron chi connectivity index (χ3n) is 8.53. The molecule has 0 spiro atoms. The maximum atomic E-state index is 11.8. The van der Waals surface area contributed by atoms with Crippen LogP contribution in [-0.4, -0.2) is 53.6 Å². The van der Waals surface area contributed by atoms with Gasteiger partial charge < -0.3 is 26.6 Å². The van der Waals surface area contributed by atoms with Crippen molar-refractivity contribution in [2.45, 2.75) is 46.5 Å². The minimum Gasteiger partial charge on any atom is -0.366 e. The number of nitrogens with two attached hydrogens (primary N) is 1. The van der Waals surface area contributed by atoms with Gasteiger partial charge in [0.05, 0.1) is 0 Å². The average Bonchev–Trinajstić information content (AvgIpc) is 3.13. The van der Waals surface area contributed by atoms with Gasteiger partial charge in [-0.1, -0.05) is 19.9 Å². The number of rotatable bonds is 7. The Labute approximate surface area is 207 Å². The molecule has 3 aliphatic carbocycles. The summed E-state index contributed by atoms with van der Waals surface area (Å²) in [7, 11) is 0. The Hall–Kier alpha value is -2.94. The third-order valence-corrected chi connectivity index (χ3v) is 8.53. The monoisotopic (exact) mass is 478 g/mol. The number of anilines is 4. The van der Waals surface area contributed by atoms with Crippen LogP contribution < -0.4 is 26.6 Å². The van der Waals surface area contributed by atoms with Gasteiger partial charge in [0.2, 0.25) is 23.8 Å². The Kier molecular flexibility index (Phi) is 6.53. The molecule has 35 heavy (non-hydrogen) atoms. The number of nitrogens with one attached hydrogen (secondary N) is 3. The maximum absolute atomic E-state index is 11.8. The third kappa shape index (κ3) is 4.91. The number of hydrogen-bond donors (Lipinski definition) is 4. The molecule has 5 N–H and O–H groups in total. The molecule has 1 aromatic heterocycles. The first kappa shape index (κ1) is 23.8. The summed E-state index contributed by atoms with van der Waals surface area (Å²) in [5.41, 5.74) is 8.05. The molecule has 1 aromatic carbocycles. The number of benzene rings is 1. The molecule has 2 unspecified atom stereocenters. The Morgan fingerprint density at radius 1 is 1.17 bits per heavy atom. The number of fused-ring (bicyclic) bond motifs is 2. The van der Waals surface area contributed by atoms with Gasteiger partial charge in [0, 0.05) is 37.4 Å². The van der Waals surface area contributed by atoms with Crippen LogP contribution in [0.15, 0.2) is 18.2 Å². The van der Waals surface area contributed by atoms with Crippen LogP contribution in [0.25, 0.3) is 0 Å². The Morgan fingerprint density at radius 2 is 2.00 bits per heavy atom. The molecule has 3 atom stereocenters. The molecule has 0 radical (unpaired) electrons. The summed E-state index contributed by atoms with van der Waals surface area (Å²) in [6, 6.07) is 5.54. The molecule has 9 heteroatoms. The van der Waals surface area contributed by atoms with Crippen LogP contribution in [0.3, 0.4) is 0 Å². The van der Waals surface area contributed by atoms with E-state index in [0.29, 0.717) is 34.7 Å². The van der Waals surface area contributed by atoms with Crippen molar-refractivity contribution in [2.75, 3.05) is 48.3 Å². The van der Waals surface area contributed by atoms with E-state index in [0.717, 1.165) is 62.2 Å². The molecular formula is C26H38N8O. The van der Waals surface area contributed by atoms with Crippen molar-refractivity contribution in [1.82, 2.24) is 20.3 Å². The van der Waals surface area contributed by atoms with Crippen molar-refractivity contribution in [1.29, 1.82) is 0 Å². The Morgan fingerprint density at radius 3 is 2.77 bits per heavy atom. The van der Waals surface area contributed by atoms with E-state index in [4.69, 9.17) is 20.7 Å². The van der Waals surface area contributed by atoms with Crippen molar-refractivity contribution >= 4 is 29.4 Å². The summed E-state index contributed by atoms with van der Waals surface area (Å²) in [5.74, 6) is 3.57. The second kappa shape index (κ2) is 9.60. The molecule has 6 rings (SSSR count). The predicted octanol–water partition coefficient (Wildman–Crippen LogP) is 3.31. The summed E-state index contributed by atoms with van der Waals surface area (Å²) >= 11 is 0. The fraction of sp³-hybridized carbons (Fsp3) is 0.615. The van der Waals surface area contributed by atoms with Gasteiger partial charge in [-0.05, 0) is 80.0 Å². The first-order chi connectivity index (χ1) is 16.8. The highest BCUT2D eigenvalue weighted by Crippen LogP contribution is 2.61. The minimum absolute atomic E-state index is 0.449. The van der Waals surface area contributed by atoms with Crippen molar-refractivity contribution in [2.24, 2.45) is 28.9 Å². The smallest absolute Gasteiger partial charge is 0.249 e.